The molecule has 0 aliphatic carbocycles. The van der Waals surface area contributed by atoms with Gasteiger partial charge in [-0.1, -0.05) is 96.8 Å². The Hall–Kier alpha value is 0.440. The summed E-state index contributed by atoms with van der Waals surface area (Å²) in [6.45, 7) is 6.67. The van der Waals surface area contributed by atoms with Gasteiger partial charge in [-0.25, -0.2) is 0 Å². The summed E-state index contributed by atoms with van der Waals surface area (Å²) in [4.78, 5) is 1.88. The van der Waals surface area contributed by atoms with Gasteiger partial charge in [0.05, 0.1) is 19.6 Å². The molecular formula is C22H46BrN. The third-order valence-corrected chi connectivity index (χ3v) is 5.69. The van der Waals surface area contributed by atoms with E-state index in [1.807, 2.05) is 4.90 Å². The van der Waals surface area contributed by atoms with Crippen LogP contribution < -0.4 is 21.9 Å². The second-order valence-corrected chi connectivity index (χ2v) is 8.01. The van der Waals surface area contributed by atoms with E-state index in [1.165, 1.54) is 135 Å². The SMILES string of the molecule is CCCCCCCCCCCCCCCCCC[NH+]1CCCC1.[Br-]. The standard InChI is InChI=1S/C22H45N.BrH/c1-2-3-4-5-6-7-8-9-10-11-12-13-14-15-16-17-20-23-21-18-19-22-23;/h2-22H2,1H3;1H. The highest BCUT2D eigenvalue weighted by atomic mass is 79.9. The number of likely N-dealkylation sites (tertiary alicyclic amines) is 1. The maximum atomic E-state index is 2.30. The Balaban J connectivity index is 0.00000529. The van der Waals surface area contributed by atoms with Crippen molar-refractivity contribution in [2.75, 3.05) is 19.6 Å². The van der Waals surface area contributed by atoms with Gasteiger partial charge in [0.25, 0.3) is 0 Å². The Morgan fingerprint density at radius 1 is 0.500 bits per heavy atom. The first-order chi connectivity index (χ1) is 11.4. The molecule has 0 spiro atoms. The molecule has 0 aromatic rings. The van der Waals surface area contributed by atoms with Gasteiger partial charge in [-0.05, 0) is 12.8 Å². The first-order valence-corrected chi connectivity index (χ1v) is 11.3. The summed E-state index contributed by atoms with van der Waals surface area (Å²) in [7, 11) is 0. The number of hydrogen-bond donors (Lipinski definition) is 1. The van der Waals surface area contributed by atoms with Crippen LogP contribution >= 0.6 is 0 Å². The van der Waals surface area contributed by atoms with Gasteiger partial charge in [-0.3, -0.25) is 0 Å². The maximum absolute atomic E-state index is 2.30. The number of rotatable bonds is 17. The highest BCUT2D eigenvalue weighted by molar-refractivity contribution is 4.50. The Morgan fingerprint density at radius 3 is 1.21 bits per heavy atom. The third-order valence-electron chi connectivity index (χ3n) is 5.69. The van der Waals surface area contributed by atoms with Crippen LogP contribution in [0, 0.1) is 0 Å². The van der Waals surface area contributed by atoms with Crippen molar-refractivity contribution in [1.82, 2.24) is 0 Å². The molecule has 0 unspecified atom stereocenters. The van der Waals surface area contributed by atoms with E-state index in [9.17, 15) is 0 Å². The minimum Gasteiger partial charge on any atom is -1.00 e. The second kappa shape index (κ2) is 19.8. The molecule has 24 heavy (non-hydrogen) atoms. The van der Waals surface area contributed by atoms with Gasteiger partial charge >= 0.3 is 0 Å². The number of unbranched alkanes of at least 4 members (excludes halogenated alkanes) is 15. The highest BCUT2D eigenvalue weighted by Gasteiger charge is 2.13. The van der Waals surface area contributed by atoms with E-state index in [0.717, 1.165) is 0 Å². The van der Waals surface area contributed by atoms with E-state index >= 15 is 0 Å². The predicted molar refractivity (Wildman–Crippen MR) is 104 cm³/mol. The fourth-order valence-corrected chi connectivity index (χ4v) is 4.05. The summed E-state index contributed by atoms with van der Waals surface area (Å²) in [6.07, 6.45) is 26.6. The van der Waals surface area contributed by atoms with Crippen LogP contribution in [0.25, 0.3) is 0 Å². The monoisotopic (exact) mass is 403 g/mol. The molecule has 2 heteroatoms. The zero-order valence-electron chi connectivity index (χ0n) is 16.7. The molecule has 1 fully saturated rings. The summed E-state index contributed by atoms with van der Waals surface area (Å²) >= 11 is 0. The molecule has 1 heterocycles. The maximum Gasteiger partial charge on any atom is 0.0773 e. The third kappa shape index (κ3) is 15.9. The van der Waals surface area contributed by atoms with Crippen molar-refractivity contribution in [3.8, 4) is 0 Å². The summed E-state index contributed by atoms with van der Waals surface area (Å²) in [5.41, 5.74) is 0. The first kappa shape index (κ1) is 24.4. The normalized spacial score (nSPS) is 14.9. The minimum absolute atomic E-state index is 0. The molecular weight excluding hydrogens is 358 g/mol. The molecule has 0 saturated carbocycles. The van der Waals surface area contributed by atoms with Gasteiger partial charge in [-0.2, -0.15) is 0 Å². The number of halogens is 1. The van der Waals surface area contributed by atoms with Gasteiger partial charge in [-0.15, -0.1) is 0 Å². The molecule has 1 N–H and O–H groups in total. The number of quaternary nitrogens is 1. The molecule has 1 nitrogen and oxygen atoms in total. The van der Waals surface area contributed by atoms with Crippen LogP contribution in [0.4, 0.5) is 0 Å². The smallest absolute Gasteiger partial charge is 0.0773 e. The molecule has 0 aromatic heterocycles. The first-order valence-electron chi connectivity index (χ1n) is 11.3. The van der Waals surface area contributed by atoms with Gasteiger partial charge in [0.1, 0.15) is 0 Å². The average molecular weight is 405 g/mol. The second-order valence-electron chi connectivity index (χ2n) is 8.01. The van der Waals surface area contributed by atoms with Gasteiger partial charge in [0, 0.05) is 12.8 Å². The van der Waals surface area contributed by atoms with E-state index in [-0.39, 0.29) is 17.0 Å². The molecule has 0 radical (unpaired) electrons. The lowest BCUT2D eigenvalue weighted by molar-refractivity contribution is -0.887. The molecule has 1 aliphatic heterocycles. The number of hydrogen-bond acceptors (Lipinski definition) is 0. The lowest BCUT2D eigenvalue weighted by Crippen LogP contribution is -3.09. The van der Waals surface area contributed by atoms with Crippen molar-refractivity contribution in [1.29, 1.82) is 0 Å². The number of nitrogens with one attached hydrogen (secondary N) is 1. The lowest BCUT2D eigenvalue weighted by Gasteiger charge is -2.11. The fourth-order valence-electron chi connectivity index (χ4n) is 4.05. The van der Waals surface area contributed by atoms with Crippen molar-refractivity contribution in [2.24, 2.45) is 0 Å². The van der Waals surface area contributed by atoms with Crippen LogP contribution in [0.15, 0.2) is 0 Å². The van der Waals surface area contributed by atoms with Crippen LogP contribution in [0.1, 0.15) is 122 Å². The average Bonchev–Trinajstić information content (AvgIpc) is 3.08. The van der Waals surface area contributed by atoms with E-state index in [2.05, 4.69) is 6.92 Å². The molecule has 0 bridgehead atoms. The topological polar surface area (TPSA) is 4.44 Å². The van der Waals surface area contributed by atoms with E-state index in [0.29, 0.717) is 0 Å². The summed E-state index contributed by atoms with van der Waals surface area (Å²) in [6, 6.07) is 0. The van der Waals surface area contributed by atoms with Crippen LogP contribution in [-0.2, 0) is 0 Å². The van der Waals surface area contributed by atoms with Crippen molar-refractivity contribution < 1.29 is 21.9 Å². The molecule has 0 amide bonds. The minimum atomic E-state index is 0. The van der Waals surface area contributed by atoms with Crippen LogP contribution in [0.5, 0.6) is 0 Å². The predicted octanol–water partition coefficient (Wildman–Crippen LogP) is 2.93. The Morgan fingerprint density at radius 2 is 0.833 bits per heavy atom. The van der Waals surface area contributed by atoms with Crippen molar-refractivity contribution >= 4 is 0 Å². The van der Waals surface area contributed by atoms with Crippen LogP contribution in [-0.4, -0.2) is 19.6 Å². The van der Waals surface area contributed by atoms with E-state index in [4.69, 9.17) is 0 Å². The zero-order chi connectivity index (χ0) is 16.4. The molecule has 0 aromatic carbocycles. The highest BCUT2D eigenvalue weighted by Crippen LogP contribution is 2.13. The molecule has 0 atom stereocenters. The Kier molecular flexibility index (Phi) is 20.1. The lowest BCUT2D eigenvalue weighted by atomic mass is 10.0. The Labute approximate surface area is 164 Å². The van der Waals surface area contributed by atoms with Crippen molar-refractivity contribution in [2.45, 2.75) is 122 Å². The van der Waals surface area contributed by atoms with Crippen molar-refractivity contribution in [3.05, 3.63) is 0 Å². The summed E-state index contributed by atoms with van der Waals surface area (Å²) in [5.74, 6) is 0. The van der Waals surface area contributed by atoms with Crippen molar-refractivity contribution in [3.63, 3.8) is 0 Å². The molecule has 146 valence electrons. The van der Waals surface area contributed by atoms with Gasteiger partial charge < -0.3 is 21.9 Å². The van der Waals surface area contributed by atoms with E-state index in [1.54, 1.807) is 0 Å². The summed E-state index contributed by atoms with van der Waals surface area (Å²) < 4.78 is 0. The Bertz CT molecular complexity index is 226. The van der Waals surface area contributed by atoms with Crippen LogP contribution in [0.2, 0.25) is 0 Å². The fraction of sp³-hybridized carbons (Fsp3) is 1.00. The molecule has 1 saturated heterocycles. The van der Waals surface area contributed by atoms with Gasteiger partial charge in [0.2, 0.25) is 0 Å². The zero-order valence-corrected chi connectivity index (χ0v) is 18.3. The van der Waals surface area contributed by atoms with Crippen LogP contribution in [0.3, 0.4) is 0 Å². The molecule has 1 rings (SSSR count). The van der Waals surface area contributed by atoms with Gasteiger partial charge in [0.15, 0.2) is 0 Å². The summed E-state index contributed by atoms with van der Waals surface area (Å²) in [5, 5.41) is 0. The quantitative estimate of drug-likeness (QED) is 0.356. The largest absolute Gasteiger partial charge is 1.00 e. The molecule has 1 aliphatic rings. The van der Waals surface area contributed by atoms with E-state index < -0.39 is 0 Å².